The minimum atomic E-state index is -0.525. The Labute approximate surface area is 125 Å². The first-order chi connectivity index (χ1) is 9.84. The molecule has 5 nitrogen and oxygen atoms in total. The first kappa shape index (κ1) is 15.6. The van der Waals surface area contributed by atoms with Crippen molar-refractivity contribution in [3.8, 4) is 5.75 Å². The predicted molar refractivity (Wildman–Crippen MR) is 82.8 cm³/mol. The number of anilines is 1. The lowest BCUT2D eigenvalue weighted by atomic mass is 10.1. The summed E-state index contributed by atoms with van der Waals surface area (Å²) in [5.74, 6) is 1.61. The van der Waals surface area contributed by atoms with E-state index in [1.54, 1.807) is 7.11 Å². The molecule has 0 aliphatic heterocycles. The molecule has 21 heavy (non-hydrogen) atoms. The highest BCUT2D eigenvalue weighted by molar-refractivity contribution is 5.86. The second kappa shape index (κ2) is 5.93. The summed E-state index contributed by atoms with van der Waals surface area (Å²) in [5.41, 5.74) is 7.03. The molecule has 0 radical (unpaired) electrons. The average molecular weight is 292 g/mol. The van der Waals surface area contributed by atoms with Crippen molar-refractivity contribution < 1.29 is 14.3 Å². The second-order valence-electron chi connectivity index (χ2n) is 6.42. The minimum absolute atomic E-state index is 0.408. The molecule has 0 aromatic heterocycles. The normalized spacial score (nSPS) is 20.8. The van der Waals surface area contributed by atoms with Gasteiger partial charge in [0, 0.05) is 6.07 Å². The number of hydrogen-bond donors (Lipinski definition) is 2. The summed E-state index contributed by atoms with van der Waals surface area (Å²) >= 11 is 0. The van der Waals surface area contributed by atoms with Crippen LogP contribution in [0, 0.1) is 5.92 Å². The first-order valence-electron chi connectivity index (χ1n) is 7.22. The van der Waals surface area contributed by atoms with Gasteiger partial charge in [0.1, 0.15) is 11.4 Å². The van der Waals surface area contributed by atoms with Gasteiger partial charge in [-0.15, -0.1) is 0 Å². The number of benzene rings is 1. The van der Waals surface area contributed by atoms with Gasteiger partial charge in [-0.1, -0.05) is 6.07 Å². The molecule has 0 saturated heterocycles. The number of carbonyl (C=O) groups is 1. The Morgan fingerprint density at radius 2 is 2.14 bits per heavy atom. The Hall–Kier alpha value is -1.75. The lowest BCUT2D eigenvalue weighted by molar-refractivity contribution is 0.0636. The molecule has 3 N–H and O–H groups in total. The Kier molecular flexibility index (Phi) is 4.42. The van der Waals surface area contributed by atoms with Crippen molar-refractivity contribution in [2.24, 2.45) is 11.7 Å². The number of nitrogens with two attached hydrogens (primary N) is 1. The average Bonchev–Trinajstić information content (AvgIpc) is 3.15. The van der Waals surface area contributed by atoms with Crippen LogP contribution in [0.1, 0.15) is 38.7 Å². The van der Waals surface area contributed by atoms with E-state index < -0.39 is 11.7 Å². The Bertz CT molecular complexity index is 523. The summed E-state index contributed by atoms with van der Waals surface area (Å²) in [6.45, 7) is 6.18. The fourth-order valence-corrected chi connectivity index (χ4v) is 2.40. The largest absolute Gasteiger partial charge is 0.497 e. The summed E-state index contributed by atoms with van der Waals surface area (Å²) in [5, 5.41) is 2.83. The summed E-state index contributed by atoms with van der Waals surface area (Å²) in [4.78, 5) is 12.0. The molecule has 0 bridgehead atoms. The van der Waals surface area contributed by atoms with Gasteiger partial charge in [0.05, 0.1) is 12.8 Å². The molecule has 1 fully saturated rings. The molecule has 0 heterocycles. The van der Waals surface area contributed by atoms with Crippen molar-refractivity contribution in [2.75, 3.05) is 19.0 Å². The van der Waals surface area contributed by atoms with Gasteiger partial charge in [0.25, 0.3) is 0 Å². The third-order valence-corrected chi connectivity index (χ3v) is 3.52. The molecule has 1 amide bonds. The predicted octanol–water partition coefficient (Wildman–Crippen LogP) is 3.10. The first-order valence-corrected chi connectivity index (χ1v) is 7.22. The molecule has 1 aliphatic rings. The van der Waals surface area contributed by atoms with Crippen LogP contribution in [-0.4, -0.2) is 25.3 Å². The van der Waals surface area contributed by atoms with Crippen molar-refractivity contribution >= 4 is 11.8 Å². The van der Waals surface area contributed by atoms with Gasteiger partial charge in [0.2, 0.25) is 0 Å². The summed E-state index contributed by atoms with van der Waals surface area (Å²) < 4.78 is 10.5. The van der Waals surface area contributed by atoms with Crippen LogP contribution < -0.4 is 15.8 Å². The second-order valence-corrected chi connectivity index (χ2v) is 6.42. The van der Waals surface area contributed by atoms with Crippen LogP contribution in [0.4, 0.5) is 10.5 Å². The lowest BCUT2D eigenvalue weighted by Crippen LogP contribution is -2.27. The zero-order valence-electron chi connectivity index (χ0n) is 13.1. The van der Waals surface area contributed by atoms with Crippen molar-refractivity contribution in [1.82, 2.24) is 0 Å². The molecule has 2 atom stereocenters. The highest BCUT2D eigenvalue weighted by atomic mass is 16.6. The van der Waals surface area contributed by atoms with Gasteiger partial charge in [-0.2, -0.15) is 0 Å². The number of methoxy groups -OCH3 is 1. The van der Waals surface area contributed by atoms with Gasteiger partial charge in [-0.25, -0.2) is 4.79 Å². The highest BCUT2D eigenvalue weighted by Crippen LogP contribution is 2.49. The molecule has 0 spiro atoms. The standard InChI is InChI=1S/C16H24N2O3/c1-16(2,3)21-15(19)18-14-8-11(20-4)5-6-12(14)13-7-10(13)9-17/h5-6,8,10,13H,7,9,17H2,1-4H3,(H,18,19). The van der Waals surface area contributed by atoms with E-state index in [9.17, 15) is 4.79 Å². The third-order valence-electron chi connectivity index (χ3n) is 3.52. The van der Waals surface area contributed by atoms with Crippen molar-refractivity contribution in [1.29, 1.82) is 0 Å². The zero-order chi connectivity index (χ0) is 15.6. The maximum atomic E-state index is 12.0. The molecular weight excluding hydrogens is 268 g/mol. The number of carbonyl (C=O) groups excluding carboxylic acids is 1. The van der Waals surface area contributed by atoms with Gasteiger partial charge in [-0.3, -0.25) is 5.32 Å². The van der Waals surface area contributed by atoms with E-state index in [1.807, 2.05) is 39.0 Å². The number of nitrogens with one attached hydrogen (secondary N) is 1. The number of hydrogen-bond acceptors (Lipinski definition) is 4. The van der Waals surface area contributed by atoms with Crippen LogP contribution in [0.15, 0.2) is 18.2 Å². The van der Waals surface area contributed by atoms with E-state index in [0.717, 1.165) is 17.7 Å². The molecule has 1 aromatic carbocycles. The highest BCUT2D eigenvalue weighted by Gasteiger charge is 2.38. The molecule has 1 aliphatic carbocycles. The maximum absolute atomic E-state index is 12.0. The molecule has 2 rings (SSSR count). The lowest BCUT2D eigenvalue weighted by Gasteiger charge is -2.20. The molecule has 5 heteroatoms. The van der Waals surface area contributed by atoms with Crippen LogP contribution in [0.25, 0.3) is 0 Å². The number of ether oxygens (including phenoxy) is 2. The van der Waals surface area contributed by atoms with Gasteiger partial charge < -0.3 is 15.2 Å². The summed E-state index contributed by atoms with van der Waals surface area (Å²) in [6.07, 6.45) is 0.605. The van der Waals surface area contributed by atoms with E-state index >= 15 is 0 Å². The van der Waals surface area contributed by atoms with Gasteiger partial charge in [0.15, 0.2) is 0 Å². The van der Waals surface area contributed by atoms with Crippen LogP contribution in [0.5, 0.6) is 5.75 Å². The molecule has 2 unspecified atom stereocenters. The Morgan fingerprint density at radius 3 is 2.67 bits per heavy atom. The van der Waals surface area contributed by atoms with Gasteiger partial charge in [-0.05, 0) is 57.2 Å². The van der Waals surface area contributed by atoms with E-state index in [0.29, 0.717) is 24.1 Å². The minimum Gasteiger partial charge on any atom is -0.497 e. The van der Waals surface area contributed by atoms with Gasteiger partial charge >= 0.3 is 6.09 Å². The van der Waals surface area contributed by atoms with Crippen LogP contribution in [0.3, 0.4) is 0 Å². The summed E-state index contributed by atoms with van der Waals surface area (Å²) in [6, 6.07) is 5.72. The van der Waals surface area contributed by atoms with E-state index in [1.165, 1.54) is 0 Å². The quantitative estimate of drug-likeness (QED) is 0.894. The SMILES string of the molecule is COc1ccc(C2CC2CN)c(NC(=O)OC(C)(C)C)c1. The van der Waals surface area contributed by atoms with Crippen LogP contribution >= 0.6 is 0 Å². The van der Waals surface area contributed by atoms with Crippen molar-refractivity contribution in [3.63, 3.8) is 0 Å². The smallest absolute Gasteiger partial charge is 0.412 e. The Balaban J connectivity index is 2.17. The maximum Gasteiger partial charge on any atom is 0.412 e. The van der Waals surface area contributed by atoms with E-state index in [2.05, 4.69) is 5.32 Å². The van der Waals surface area contributed by atoms with Crippen molar-refractivity contribution in [2.45, 2.75) is 38.7 Å². The molecule has 116 valence electrons. The van der Waals surface area contributed by atoms with E-state index in [-0.39, 0.29) is 0 Å². The fourth-order valence-electron chi connectivity index (χ4n) is 2.40. The zero-order valence-corrected chi connectivity index (χ0v) is 13.1. The van der Waals surface area contributed by atoms with Crippen LogP contribution in [-0.2, 0) is 4.74 Å². The third kappa shape index (κ3) is 4.11. The monoisotopic (exact) mass is 292 g/mol. The topological polar surface area (TPSA) is 73.6 Å². The molecule has 1 saturated carbocycles. The molecular formula is C16H24N2O3. The Morgan fingerprint density at radius 1 is 1.43 bits per heavy atom. The number of amides is 1. The van der Waals surface area contributed by atoms with Crippen LogP contribution in [0.2, 0.25) is 0 Å². The van der Waals surface area contributed by atoms with E-state index in [4.69, 9.17) is 15.2 Å². The fraction of sp³-hybridized carbons (Fsp3) is 0.562. The summed E-state index contributed by atoms with van der Waals surface area (Å²) in [7, 11) is 1.60. The number of rotatable bonds is 4. The van der Waals surface area contributed by atoms with Crippen molar-refractivity contribution in [3.05, 3.63) is 23.8 Å². The molecule has 1 aromatic rings.